The molecule has 0 radical (unpaired) electrons. The van der Waals surface area contributed by atoms with Gasteiger partial charge in [0.25, 0.3) is 0 Å². The number of aromatic nitrogens is 2. The predicted molar refractivity (Wildman–Crippen MR) is 118 cm³/mol. The van der Waals surface area contributed by atoms with Crippen LogP contribution < -0.4 is 10.5 Å². The van der Waals surface area contributed by atoms with E-state index >= 15 is 0 Å². The topological polar surface area (TPSA) is 124 Å². The van der Waals surface area contributed by atoms with Crippen LogP contribution in [0.4, 0.5) is 5.82 Å². The Bertz CT molecular complexity index is 1260. The lowest BCUT2D eigenvalue weighted by Crippen LogP contribution is -2.24. The zero-order chi connectivity index (χ0) is 21.8. The van der Waals surface area contributed by atoms with E-state index in [0.29, 0.717) is 12.8 Å². The maximum absolute atomic E-state index is 11.1. The van der Waals surface area contributed by atoms with E-state index in [1.165, 1.54) is 5.39 Å². The third-order valence-corrected chi connectivity index (χ3v) is 6.87. The van der Waals surface area contributed by atoms with Gasteiger partial charge in [-0.15, -0.1) is 0 Å². The van der Waals surface area contributed by atoms with E-state index in [2.05, 4.69) is 45.8 Å². The summed E-state index contributed by atoms with van der Waals surface area (Å²) in [6, 6.07) is 12.4. The Balaban J connectivity index is 1.43. The molecule has 31 heavy (non-hydrogen) atoms. The van der Waals surface area contributed by atoms with Gasteiger partial charge >= 0.3 is 10.3 Å². The second-order valence-corrected chi connectivity index (χ2v) is 9.49. The van der Waals surface area contributed by atoms with Crippen LogP contribution in [0.3, 0.4) is 0 Å². The second kappa shape index (κ2) is 7.49. The average Bonchev–Trinajstić information content (AvgIpc) is 3.41. The molecule has 164 valence electrons. The molecule has 2 aliphatic rings. The maximum Gasteiger partial charge on any atom is 0.333 e. The zero-order valence-corrected chi connectivity index (χ0v) is 17.9. The molecule has 1 aliphatic heterocycles. The number of rotatable bonds is 5. The van der Waals surface area contributed by atoms with E-state index in [9.17, 15) is 13.5 Å². The van der Waals surface area contributed by atoms with E-state index in [0.717, 1.165) is 22.6 Å². The smallest absolute Gasteiger partial charge is 0.333 e. The van der Waals surface area contributed by atoms with Crippen molar-refractivity contribution in [1.82, 2.24) is 9.13 Å². The van der Waals surface area contributed by atoms with Gasteiger partial charge in [0.15, 0.2) is 0 Å². The largest absolute Gasteiger partial charge is 0.393 e. The summed E-state index contributed by atoms with van der Waals surface area (Å²) in [5, 5.41) is 19.8. The molecular formula is C21H25N5O4S. The average molecular weight is 444 g/mol. The first-order valence-corrected chi connectivity index (χ1v) is 11.7. The van der Waals surface area contributed by atoms with Gasteiger partial charge in [0.1, 0.15) is 11.9 Å². The van der Waals surface area contributed by atoms with E-state index in [4.69, 9.17) is 14.3 Å². The molecule has 4 N–H and O–H groups in total. The first-order valence-electron chi connectivity index (χ1n) is 10.2. The first kappa shape index (κ1) is 20.3. The van der Waals surface area contributed by atoms with E-state index in [1.54, 1.807) is 6.34 Å². The Morgan fingerprint density at radius 2 is 2.10 bits per heavy atom. The van der Waals surface area contributed by atoms with Crippen molar-refractivity contribution in [2.75, 3.05) is 11.9 Å². The minimum absolute atomic E-state index is 0.0139. The second-order valence-electron chi connectivity index (χ2n) is 8.27. The van der Waals surface area contributed by atoms with Crippen molar-refractivity contribution in [3.63, 3.8) is 0 Å². The number of aryl methyl sites for hydroxylation is 1. The van der Waals surface area contributed by atoms with Gasteiger partial charge in [-0.05, 0) is 36.4 Å². The number of nitrogens with zero attached hydrogens (tertiary/aromatic N) is 3. The van der Waals surface area contributed by atoms with Crippen molar-refractivity contribution in [1.29, 1.82) is 0 Å². The minimum Gasteiger partial charge on any atom is -0.393 e. The summed E-state index contributed by atoms with van der Waals surface area (Å²) in [6.45, 7) is -0.118. The molecule has 0 amide bonds. The summed E-state index contributed by atoms with van der Waals surface area (Å²) >= 11 is 0. The molecular weight excluding hydrogens is 418 g/mol. The number of nitrogens with one attached hydrogen (secondary N) is 1. The molecule has 0 spiro atoms. The molecule has 1 saturated carbocycles. The van der Waals surface area contributed by atoms with Crippen molar-refractivity contribution in [3.05, 3.63) is 53.9 Å². The highest BCUT2D eigenvalue weighted by Crippen LogP contribution is 2.42. The number of aliphatic imine (C=N–C) groups is 1. The normalized spacial score (nSPS) is 25.6. The van der Waals surface area contributed by atoms with Gasteiger partial charge in [0.2, 0.25) is 0 Å². The summed E-state index contributed by atoms with van der Waals surface area (Å²) in [7, 11) is -1.97. The molecule has 9 nitrogen and oxygen atoms in total. The molecule has 4 unspecified atom stereocenters. The summed E-state index contributed by atoms with van der Waals surface area (Å²) < 4.78 is 31.2. The highest BCUT2D eigenvalue weighted by molar-refractivity contribution is 7.84. The van der Waals surface area contributed by atoms with Gasteiger partial charge in [-0.3, -0.25) is 9.18 Å². The predicted octanol–water partition coefficient (Wildman–Crippen LogP) is 2.06. The van der Waals surface area contributed by atoms with E-state index in [1.807, 2.05) is 18.3 Å². The highest BCUT2D eigenvalue weighted by Gasteiger charge is 2.37. The Labute approximate surface area is 180 Å². The maximum atomic E-state index is 11.1. The quantitative estimate of drug-likeness (QED) is 0.557. The monoisotopic (exact) mass is 443 g/mol. The third kappa shape index (κ3) is 3.65. The fourth-order valence-corrected chi connectivity index (χ4v) is 5.23. The first-order chi connectivity index (χ1) is 14.8. The van der Waals surface area contributed by atoms with Crippen molar-refractivity contribution in [2.45, 2.75) is 31.0 Å². The summed E-state index contributed by atoms with van der Waals surface area (Å²) in [5.74, 6) is 0.642. The van der Waals surface area contributed by atoms with Crippen molar-refractivity contribution in [2.24, 2.45) is 23.1 Å². The Morgan fingerprint density at radius 1 is 1.29 bits per heavy atom. The number of hydrogen-bond donors (Lipinski definition) is 3. The van der Waals surface area contributed by atoms with Gasteiger partial charge in [-0.25, -0.2) is 5.14 Å². The molecule has 0 bridgehead atoms. The Hall–Kier alpha value is -2.66. The molecule has 10 heteroatoms. The molecule has 4 atom stereocenters. The van der Waals surface area contributed by atoms with Crippen LogP contribution in [-0.2, 0) is 21.5 Å². The number of nitrogens with two attached hydrogens (primary N) is 1. The summed E-state index contributed by atoms with van der Waals surface area (Å²) in [6.07, 6.45) is 4.17. The van der Waals surface area contributed by atoms with Crippen molar-refractivity contribution < 1.29 is 17.7 Å². The number of fused-ring (bicyclic) bond motifs is 2. The molecule has 3 aromatic rings. The van der Waals surface area contributed by atoms with Crippen LogP contribution in [0.25, 0.3) is 10.9 Å². The van der Waals surface area contributed by atoms with Crippen LogP contribution in [0.5, 0.6) is 0 Å². The number of anilines is 1. The van der Waals surface area contributed by atoms with Gasteiger partial charge < -0.3 is 19.6 Å². The lowest BCUT2D eigenvalue weighted by Gasteiger charge is -2.23. The Kier molecular flexibility index (Phi) is 4.89. The fraction of sp³-hybridized carbons (Fsp3) is 0.381. The minimum atomic E-state index is -4.02. The van der Waals surface area contributed by atoms with Crippen molar-refractivity contribution >= 4 is 33.4 Å². The number of aliphatic hydroxyl groups is 1. The zero-order valence-electron chi connectivity index (χ0n) is 17.0. The van der Waals surface area contributed by atoms with E-state index < -0.39 is 16.4 Å². The fourth-order valence-electron chi connectivity index (χ4n) is 4.87. The number of para-hydroxylation sites is 1. The lowest BCUT2D eigenvalue weighted by molar-refractivity contribution is 0.100. The van der Waals surface area contributed by atoms with Gasteiger partial charge in [0, 0.05) is 42.0 Å². The molecule has 0 saturated heterocycles. The molecule has 2 aromatic heterocycles. The SMILES string of the molecule is Cn1c(C2N=CNc3c2ccn3C2CC(O)C(COS(N)(=O)=O)C2)cc2ccccc21. The number of benzene rings is 1. The molecule has 1 aliphatic carbocycles. The van der Waals surface area contributed by atoms with Crippen LogP contribution in [0.15, 0.2) is 47.6 Å². The summed E-state index contributed by atoms with van der Waals surface area (Å²) in [4.78, 5) is 4.70. The molecule has 5 rings (SSSR count). The van der Waals surface area contributed by atoms with Crippen LogP contribution in [-0.4, -0.2) is 41.7 Å². The van der Waals surface area contributed by atoms with E-state index in [-0.39, 0.29) is 24.6 Å². The molecule has 3 heterocycles. The van der Waals surface area contributed by atoms with Crippen molar-refractivity contribution in [3.8, 4) is 0 Å². The lowest BCUT2D eigenvalue weighted by atomic mass is 10.1. The van der Waals surface area contributed by atoms with Crippen LogP contribution in [0.1, 0.15) is 36.2 Å². The molecule has 1 aromatic carbocycles. The van der Waals surface area contributed by atoms with Gasteiger partial charge in [-0.2, -0.15) is 8.42 Å². The van der Waals surface area contributed by atoms with Crippen LogP contribution in [0.2, 0.25) is 0 Å². The van der Waals surface area contributed by atoms with Gasteiger partial charge in [0.05, 0.1) is 19.0 Å². The Morgan fingerprint density at radius 3 is 2.87 bits per heavy atom. The highest BCUT2D eigenvalue weighted by atomic mass is 32.2. The summed E-state index contributed by atoms with van der Waals surface area (Å²) in [5.41, 5.74) is 3.32. The standard InChI is InChI=1S/C21H25N5O4S/c1-25-17-5-3-2-4-13(17)9-18(25)20-16-6-7-26(21(16)24-12-23-20)15-8-14(19(27)10-15)11-30-31(22,28)29/h2-7,9,12,14-15,19-20,27H,8,10-11H2,1H3,(H,23,24)(H2,22,28,29). The third-order valence-electron chi connectivity index (χ3n) is 6.41. The number of hydrogen-bond acceptors (Lipinski definition) is 6. The number of aliphatic hydroxyl groups excluding tert-OH is 1. The molecule has 1 fully saturated rings. The van der Waals surface area contributed by atoms with Crippen LogP contribution >= 0.6 is 0 Å². The van der Waals surface area contributed by atoms with Gasteiger partial charge in [-0.1, -0.05) is 18.2 Å². The van der Waals surface area contributed by atoms with Crippen LogP contribution in [0, 0.1) is 5.92 Å².